The van der Waals surface area contributed by atoms with Gasteiger partial charge in [-0.2, -0.15) is 17.6 Å². The summed E-state index contributed by atoms with van der Waals surface area (Å²) in [5.74, 6) is -2.53. The van der Waals surface area contributed by atoms with Crippen LogP contribution in [0.15, 0.2) is 36.5 Å². The van der Waals surface area contributed by atoms with Gasteiger partial charge in [-0.15, -0.1) is 0 Å². The Morgan fingerprint density at radius 3 is 2.63 bits per heavy atom. The van der Waals surface area contributed by atoms with Gasteiger partial charge in [0.05, 0.1) is 35.0 Å². The number of aliphatic hydroxyl groups is 1. The van der Waals surface area contributed by atoms with Gasteiger partial charge in [0.15, 0.2) is 0 Å². The standard InChI is InChI=1S/C20H17F5N2O3/c21-12-2-1-11(20(23,24)25)6-13(12)27-18(29)19(8-10-3-4-26-17(22)5-10)9-15-14(28)7-16(19)30-15/h1-6,14-16,28H,7-9H2,(H,27,29)/t14-,15+,16+,19-/m0/s1. The third-order valence-corrected chi connectivity index (χ3v) is 5.71. The molecule has 160 valence electrons. The van der Waals surface area contributed by atoms with Crippen molar-refractivity contribution in [3.05, 3.63) is 59.4 Å². The average Bonchev–Trinajstić information content (AvgIpc) is 3.20. The number of benzene rings is 1. The number of fused-ring (bicyclic) bond motifs is 2. The molecule has 10 heteroatoms. The Bertz CT molecular complexity index is 981. The van der Waals surface area contributed by atoms with E-state index in [1.807, 2.05) is 0 Å². The zero-order valence-corrected chi connectivity index (χ0v) is 15.4. The number of amides is 1. The lowest BCUT2D eigenvalue weighted by molar-refractivity contribution is -0.137. The second kappa shape index (κ2) is 7.28. The van der Waals surface area contributed by atoms with E-state index in [0.717, 1.165) is 6.07 Å². The molecule has 30 heavy (non-hydrogen) atoms. The number of hydrogen-bond acceptors (Lipinski definition) is 4. The van der Waals surface area contributed by atoms with Gasteiger partial charge in [-0.25, -0.2) is 9.37 Å². The van der Waals surface area contributed by atoms with Crippen molar-refractivity contribution in [1.82, 2.24) is 4.98 Å². The van der Waals surface area contributed by atoms with Gasteiger partial charge in [0, 0.05) is 12.6 Å². The molecule has 1 aromatic heterocycles. The minimum atomic E-state index is -4.71. The van der Waals surface area contributed by atoms with Crippen LogP contribution in [0.5, 0.6) is 0 Å². The maximum absolute atomic E-state index is 14.1. The number of pyridine rings is 1. The van der Waals surface area contributed by atoms with Crippen LogP contribution in [-0.4, -0.2) is 34.3 Å². The zero-order chi connectivity index (χ0) is 21.7. The highest BCUT2D eigenvalue weighted by Crippen LogP contribution is 2.50. The number of anilines is 1. The normalized spacial score (nSPS) is 28.0. The van der Waals surface area contributed by atoms with Crippen molar-refractivity contribution in [2.24, 2.45) is 5.41 Å². The van der Waals surface area contributed by atoms with Gasteiger partial charge in [-0.05, 0) is 48.7 Å². The minimum absolute atomic E-state index is 0.00720. The highest BCUT2D eigenvalue weighted by Gasteiger charge is 2.60. The first-order valence-corrected chi connectivity index (χ1v) is 9.21. The quantitative estimate of drug-likeness (QED) is 0.578. The van der Waals surface area contributed by atoms with E-state index in [9.17, 15) is 31.9 Å². The molecule has 5 nitrogen and oxygen atoms in total. The van der Waals surface area contributed by atoms with E-state index in [4.69, 9.17) is 4.74 Å². The van der Waals surface area contributed by atoms with E-state index in [1.54, 1.807) is 0 Å². The maximum Gasteiger partial charge on any atom is 0.416 e. The van der Waals surface area contributed by atoms with Gasteiger partial charge in [-0.1, -0.05) is 0 Å². The van der Waals surface area contributed by atoms with Crippen LogP contribution in [-0.2, 0) is 22.1 Å². The Labute approximate surface area is 167 Å². The number of aromatic nitrogens is 1. The Morgan fingerprint density at radius 1 is 1.27 bits per heavy atom. The summed E-state index contributed by atoms with van der Waals surface area (Å²) >= 11 is 0. The number of carbonyl (C=O) groups is 1. The fourth-order valence-electron chi connectivity index (χ4n) is 4.22. The van der Waals surface area contributed by atoms with Gasteiger partial charge < -0.3 is 15.2 Å². The predicted octanol–water partition coefficient (Wildman–Crippen LogP) is 3.47. The summed E-state index contributed by atoms with van der Waals surface area (Å²) < 4.78 is 72.3. The summed E-state index contributed by atoms with van der Waals surface area (Å²) in [5.41, 5.74) is -2.60. The number of hydrogen-bond donors (Lipinski definition) is 2. The summed E-state index contributed by atoms with van der Waals surface area (Å²) in [6.45, 7) is 0. The Balaban J connectivity index is 1.66. The molecule has 2 aromatic rings. The Hall–Kier alpha value is -2.59. The molecule has 0 spiro atoms. The first-order chi connectivity index (χ1) is 14.1. The highest BCUT2D eigenvalue weighted by atomic mass is 19.4. The summed E-state index contributed by atoms with van der Waals surface area (Å²) in [4.78, 5) is 16.7. The molecular formula is C20H17F5N2O3. The Morgan fingerprint density at radius 2 is 2.03 bits per heavy atom. The van der Waals surface area contributed by atoms with Crippen LogP contribution in [0, 0.1) is 17.2 Å². The van der Waals surface area contributed by atoms with Crippen LogP contribution < -0.4 is 5.32 Å². The van der Waals surface area contributed by atoms with E-state index >= 15 is 0 Å². The number of ether oxygens (including phenoxy) is 1. The smallest absolute Gasteiger partial charge is 0.390 e. The van der Waals surface area contributed by atoms with Crippen molar-refractivity contribution in [3.8, 4) is 0 Å². The molecule has 2 fully saturated rings. The van der Waals surface area contributed by atoms with E-state index in [2.05, 4.69) is 10.3 Å². The molecule has 3 heterocycles. The summed E-state index contributed by atoms with van der Waals surface area (Å²) in [6.07, 6.45) is -5.46. The summed E-state index contributed by atoms with van der Waals surface area (Å²) in [5, 5.41) is 12.2. The van der Waals surface area contributed by atoms with Crippen LogP contribution in [0.25, 0.3) is 0 Å². The molecule has 4 rings (SSSR count). The lowest BCUT2D eigenvalue weighted by Gasteiger charge is -2.35. The number of alkyl halides is 3. The summed E-state index contributed by atoms with van der Waals surface area (Å²) in [7, 11) is 0. The lowest BCUT2D eigenvalue weighted by Crippen LogP contribution is -2.48. The number of rotatable bonds is 4. The first-order valence-electron chi connectivity index (χ1n) is 9.21. The number of aliphatic hydroxyl groups excluding tert-OH is 1. The molecule has 0 radical (unpaired) electrons. The van der Waals surface area contributed by atoms with Crippen molar-refractivity contribution in [2.75, 3.05) is 5.32 Å². The summed E-state index contributed by atoms with van der Waals surface area (Å²) in [6, 6.07) is 4.38. The van der Waals surface area contributed by atoms with Crippen LogP contribution in [0.1, 0.15) is 24.0 Å². The minimum Gasteiger partial charge on any atom is -0.390 e. The lowest BCUT2D eigenvalue weighted by atomic mass is 9.68. The van der Waals surface area contributed by atoms with Gasteiger partial charge in [-0.3, -0.25) is 4.79 Å². The molecule has 2 saturated heterocycles. The van der Waals surface area contributed by atoms with E-state index < -0.39 is 58.8 Å². The third-order valence-electron chi connectivity index (χ3n) is 5.71. The van der Waals surface area contributed by atoms with E-state index in [1.165, 1.54) is 12.3 Å². The molecule has 2 aliphatic heterocycles. The number of carbonyl (C=O) groups excluding carboxylic acids is 1. The molecule has 2 aliphatic rings. The van der Waals surface area contributed by atoms with Crippen LogP contribution in [0.3, 0.4) is 0 Å². The van der Waals surface area contributed by atoms with E-state index in [-0.39, 0.29) is 19.3 Å². The number of nitrogens with one attached hydrogen (secondary N) is 1. The van der Waals surface area contributed by atoms with Gasteiger partial charge in [0.25, 0.3) is 0 Å². The fraction of sp³-hybridized carbons (Fsp3) is 0.400. The second-order valence-corrected chi connectivity index (χ2v) is 7.64. The maximum atomic E-state index is 14.1. The Kier molecular flexibility index (Phi) is 5.01. The number of halogens is 5. The molecule has 2 bridgehead atoms. The van der Waals surface area contributed by atoms with Crippen LogP contribution >= 0.6 is 0 Å². The van der Waals surface area contributed by atoms with Crippen molar-refractivity contribution in [2.45, 2.75) is 43.8 Å². The molecule has 4 atom stereocenters. The molecule has 1 aromatic carbocycles. The van der Waals surface area contributed by atoms with Crippen molar-refractivity contribution in [1.29, 1.82) is 0 Å². The van der Waals surface area contributed by atoms with Gasteiger partial charge in [0.1, 0.15) is 5.82 Å². The van der Waals surface area contributed by atoms with Crippen LogP contribution in [0.4, 0.5) is 27.6 Å². The highest BCUT2D eigenvalue weighted by molar-refractivity contribution is 5.96. The van der Waals surface area contributed by atoms with Crippen molar-refractivity contribution >= 4 is 11.6 Å². The molecule has 2 N–H and O–H groups in total. The fourth-order valence-corrected chi connectivity index (χ4v) is 4.22. The molecule has 1 amide bonds. The van der Waals surface area contributed by atoms with E-state index in [0.29, 0.717) is 23.8 Å². The molecule has 0 unspecified atom stereocenters. The molecular weight excluding hydrogens is 411 g/mol. The van der Waals surface area contributed by atoms with Crippen molar-refractivity contribution < 1.29 is 36.6 Å². The largest absolute Gasteiger partial charge is 0.416 e. The van der Waals surface area contributed by atoms with Crippen LogP contribution in [0.2, 0.25) is 0 Å². The topological polar surface area (TPSA) is 71.5 Å². The third kappa shape index (κ3) is 3.65. The molecule has 0 saturated carbocycles. The first kappa shape index (κ1) is 20.7. The SMILES string of the molecule is O=C(Nc1cc(C(F)(F)F)ccc1F)[C@@]1(Cc2ccnc(F)c2)C[C@H]2O[C@@H]1C[C@@H]2O. The molecule has 0 aliphatic carbocycles. The van der Waals surface area contributed by atoms with Gasteiger partial charge >= 0.3 is 6.18 Å². The monoisotopic (exact) mass is 428 g/mol. The van der Waals surface area contributed by atoms with Gasteiger partial charge in [0.2, 0.25) is 11.9 Å². The zero-order valence-electron chi connectivity index (χ0n) is 15.4. The number of nitrogens with zero attached hydrogens (tertiary/aromatic N) is 1. The van der Waals surface area contributed by atoms with Crippen molar-refractivity contribution in [3.63, 3.8) is 0 Å². The predicted molar refractivity (Wildman–Crippen MR) is 94.3 cm³/mol. The average molecular weight is 428 g/mol. The second-order valence-electron chi connectivity index (χ2n) is 7.64.